The highest BCUT2D eigenvalue weighted by atomic mass is 19.1. The van der Waals surface area contributed by atoms with Crippen LogP contribution in [0.3, 0.4) is 0 Å². The van der Waals surface area contributed by atoms with E-state index >= 15 is 4.39 Å². The second-order valence-corrected chi connectivity index (χ2v) is 11.4. The summed E-state index contributed by atoms with van der Waals surface area (Å²) >= 11 is 0. The fourth-order valence-electron chi connectivity index (χ4n) is 8.01. The Morgan fingerprint density at radius 3 is 2.44 bits per heavy atom. The number of fused-ring (bicyclic) bond motifs is 5. The minimum Gasteiger partial charge on any atom is -0.457 e. The molecule has 3 saturated carbocycles. The minimum absolute atomic E-state index is 0.0430. The Kier molecular flexibility index (Phi) is 6.60. The smallest absolute Gasteiger partial charge is 0.306 e. The molecule has 0 amide bonds. The van der Waals surface area contributed by atoms with Gasteiger partial charge in [0.05, 0.1) is 6.10 Å². The Hall–Kier alpha value is -2.35. The molecular weight excluding hydrogens is 467 g/mol. The van der Waals surface area contributed by atoms with Gasteiger partial charge < -0.3 is 14.6 Å². The first-order chi connectivity index (χ1) is 16.8. The third-order valence-corrected chi connectivity index (χ3v) is 9.81. The molecule has 36 heavy (non-hydrogen) atoms. The van der Waals surface area contributed by atoms with Crippen LogP contribution in [0.4, 0.5) is 4.39 Å². The van der Waals surface area contributed by atoms with E-state index < -0.39 is 64.4 Å². The van der Waals surface area contributed by atoms with E-state index in [1.807, 2.05) is 6.92 Å². The topological polar surface area (TPSA) is 107 Å². The molecular formula is C28H37FO7. The van der Waals surface area contributed by atoms with E-state index in [0.29, 0.717) is 24.8 Å². The number of allylic oxidation sites excluding steroid dienone is 4. The Morgan fingerprint density at radius 2 is 1.81 bits per heavy atom. The fraction of sp³-hybridized carbons (Fsp3) is 0.714. The van der Waals surface area contributed by atoms with Crippen LogP contribution in [0.15, 0.2) is 23.8 Å². The van der Waals surface area contributed by atoms with E-state index in [0.717, 1.165) is 0 Å². The van der Waals surface area contributed by atoms with Gasteiger partial charge in [-0.3, -0.25) is 19.2 Å². The zero-order chi connectivity index (χ0) is 26.7. The number of Topliss-reactive ketones (excluding diaryl/α,β-unsaturated/α-hetero) is 1. The lowest BCUT2D eigenvalue weighted by Crippen LogP contribution is -2.70. The highest BCUT2D eigenvalue weighted by molar-refractivity contribution is 6.01. The third-order valence-electron chi connectivity index (χ3n) is 9.81. The molecule has 4 aliphatic carbocycles. The van der Waals surface area contributed by atoms with E-state index in [4.69, 9.17) is 9.47 Å². The maximum absolute atomic E-state index is 17.4. The van der Waals surface area contributed by atoms with Crippen LogP contribution in [0.2, 0.25) is 0 Å². The van der Waals surface area contributed by atoms with Crippen molar-refractivity contribution >= 4 is 23.5 Å². The van der Waals surface area contributed by atoms with Gasteiger partial charge in [-0.1, -0.05) is 39.3 Å². The second-order valence-electron chi connectivity index (χ2n) is 11.4. The SMILES string of the molecule is CCC(=O)OCC(=O)[C@@]1(OC(=O)CC)[C@@H](C)C[C@H]2[C@@H]3CCC4=CC(=O)C=C[C@@]4(C)[C@@]3(F)[C@@H](O)C[C@@]21C. The number of carbonyl (C=O) groups is 4. The van der Waals surface area contributed by atoms with Gasteiger partial charge in [-0.05, 0) is 50.7 Å². The first-order valence-corrected chi connectivity index (χ1v) is 13.0. The van der Waals surface area contributed by atoms with Crippen molar-refractivity contribution in [2.45, 2.75) is 90.5 Å². The van der Waals surface area contributed by atoms with Crippen molar-refractivity contribution in [3.05, 3.63) is 23.8 Å². The lowest BCUT2D eigenvalue weighted by Gasteiger charge is -2.62. The number of carbonyl (C=O) groups excluding carboxylic acids is 4. The predicted octanol–water partition coefficient (Wildman–Crippen LogP) is 3.82. The normalized spacial score (nSPS) is 43.1. The van der Waals surface area contributed by atoms with Crippen LogP contribution >= 0.6 is 0 Å². The number of ether oxygens (including phenoxy) is 2. The number of ketones is 2. The fourth-order valence-corrected chi connectivity index (χ4v) is 8.01. The molecule has 0 bridgehead atoms. The van der Waals surface area contributed by atoms with Crippen molar-refractivity contribution in [3.8, 4) is 0 Å². The third kappa shape index (κ3) is 3.39. The number of aliphatic hydroxyl groups is 1. The van der Waals surface area contributed by atoms with Crippen LogP contribution in [0, 0.1) is 28.6 Å². The maximum atomic E-state index is 17.4. The molecule has 0 aromatic heterocycles. The number of alkyl halides is 1. The van der Waals surface area contributed by atoms with Crippen molar-refractivity contribution in [3.63, 3.8) is 0 Å². The van der Waals surface area contributed by atoms with E-state index in [2.05, 4.69) is 0 Å². The van der Waals surface area contributed by atoms with Crippen LogP contribution in [0.5, 0.6) is 0 Å². The Bertz CT molecular complexity index is 1050. The molecule has 0 unspecified atom stereocenters. The minimum atomic E-state index is -2.05. The molecule has 3 fully saturated rings. The molecule has 0 spiro atoms. The average molecular weight is 505 g/mol. The molecule has 4 rings (SSSR count). The van der Waals surface area contributed by atoms with Crippen molar-refractivity contribution in [1.29, 1.82) is 0 Å². The number of hydrogen-bond donors (Lipinski definition) is 1. The molecule has 0 saturated heterocycles. The van der Waals surface area contributed by atoms with Gasteiger partial charge in [0, 0.05) is 35.5 Å². The standard InChI is InChI=1S/C28H37FO7/c1-6-23(33)35-15-22(32)28(36-24(34)7-2)16(3)12-20-19-9-8-17-13-18(30)10-11-25(17,4)27(19,29)21(31)14-26(20,28)5/h10-11,13,16,19-21,31H,6-9,12,14-15H2,1-5H3/t16-,19-,20-,21-,25+,26-,27-,28-/m0/s1. The Morgan fingerprint density at radius 1 is 1.14 bits per heavy atom. The molecule has 0 heterocycles. The number of esters is 2. The summed E-state index contributed by atoms with van der Waals surface area (Å²) in [4.78, 5) is 50.3. The lowest BCUT2D eigenvalue weighted by atomic mass is 9.44. The van der Waals surface area contributed by atoms with Gasteiger partial charge in [0.2, 0.25) is 5.78 Å². The van der Waals surface area contributed by atoms with Gasteiger partial charge in [-0.25, -0.2) is 4.39 Å². The number of halogens is 1. The number of rotatable bonds is 6. The van der Waals surface area contributed by atoms with Crippen LogP contribution in [-0.2, 0) is 28.7 Å². The van der Waals surface area contributed by atoms with Crippen LogP contribution in [0.1, 0.15) is 73.1 Å². The number of aliphatic hydroxyl groups excluding tert-OH is 1. The highest BCUT2D eigenvalue weighted by Crippen LogP contribution is 2.71. The summed E-state index contributed by atoms with van der Waals surface area (Å²) in [6.45, 7) is 8.05. The van der Waals surface area contributed by atoms with Crippen LogP contribution in [-0.4, -0.2) is 52.6 Å². The predicted molar refractivity (Wildman–Crippen MR) is 128 cm³/mol. The molecule has 8 heteroatoms. The summed E-state index contributed by atoms with van der Waals surface area (Å²) in [5, 5.41) is 11.5. The first kappa shape index (κ1) is 26.7. The van der Waals surface area contributed by atoms with Gasteiger partial charge in [0.1, 0.15) is 0 Å². The average Bonchev–Trinajstić information content (AvgIpc) is 3.05. The largest absolute Gasteiger partial charge is 0.457 e. The van der Waals surface area contributed by atoms with Crippen LogP contribution in [0.25, 0.3) is 0 Å². The molecule has 7 nitrogen and oxygen atoms in total. The summed E-state index contributed by atoms with van der Waals surface area (Å²) in [5.74, 6) is -3.31. The summed E-state index contributed by atoms with van der Waals surface area (Å²) in [6, 6.07) is 0. The zero-order valence-electron chi connectivity index (χ0n) is 21.8. The molecule has 0 aliphatic heterocycles. The van der Waals surface area contributed by atoms with Gasteiger partial charge >= 0.3 is 11.9 Å². The monoisotopic (exact) mass is 504 g/mol. The molecule has 1 N–H and O–H groups in total. The lowest BCUT2D eigenvalue weighted by molar-refractivity contribution is -0.228. The highest BCUT2D eigenvalue weighted by Gasteiger charge is 2.77. The summed E-state index contributed by atoms with van der Waals surface area (Å²) in [5.41, 5.74) is -5.26. The van der Waals surface area contributed by atoms with Crippen molar-refractivity contribution in [2.24, 2.45) is 28.6 Å². The quantitative estimate of drug-likeness (QED) is 0.548. The summed E-state index contributed by atoms with van der Waals surface area (Å²) < 4.78 is 28.5. The van der Waals surface area contributed by atoms with E-state index in [-0.39, 0.29) is 31.0 Å². The van der Waals surface area contributed by atoms with Crippen molar-refractivity contribution in [2.75, 3.05) is 6.61 Å². The van der Waals surface area contributed by atoms with Gasteiger partial charge in [-0.2, -0.15) is 0 Å². The van der Waals surface area contributed by atoms with Crippen LogP contribution < -0.4 is 0 Å². The first-order valence-electron chi connectivity index (χ1n) is 13.0. The summed E-state index contributed by atoms with van der Waals surface area (Å²) in [6.07, 6.45) is 4.32. The summed E-state index contributed by atoms with van der Waals surface area (Å²) in [7, 11) is 0. The second kappa shape index (κ2) is 8.89. The Labute approximate surface area is 211 Å². The molecule has 0 radical (unpaired) electrons. The van der Waals surface area contributed by atoms with E-state index in [9.17, 15) is 24.3 Å². The number of hydrogen-bond acceptors (Lipinski definition) is 7. The molecule has 198 valence electrons. The molecule has 0 aromatic carbocycles. The molecule has 0 aromatic rings. The zero-order valence-corrected chi connectivity index (χ0v) is 21.8. The van der Waals surface area contributed by atoms with Crippen molar-refractivity contribution < 1.29 is 38.1 Å². The van der Waals surface area contributed by atoms with Gasteiger partial charge in [-0.15, -0.1) is 0 Å². The molecule has 4 aliphatic rings. The van der Waals surface area contributed by atoms with Gasteiger partial charge in [0.15, 0.2) is 23.7 Å². The van der Waals surface area contributed by atoms with Gasteiger partial charge in [0.25, 0.3) is 0 Å². The Balaban J connectivity index is 1.80. The van der Waals surface area contributed by atoms with E-state index in [1.165, 1.54) is 12.2 Å². The van der Waals surface area contributed by atoms with E-state index in [1.54, 1.807) is 33.8 Å². The molecule has 8 atom stereocenters. The maximum Gasteiger partial charge on any atom is 0.306 e. The van der Waals surface area contributed by atoms with Crippen molar-refractivity contribution in [1.82, 2.24) is 0 Å².